The minimum Gasteiger partial charge on any atom is -0.462 e. The van der Waals surface area contributed by atoms with Gasteiger partial charge in [0.1, 0.15) is 11.3 Å². The van der Waals surface area contributed by atoms with E-state index in [4.69, 9.17) is 0 Å². The lowest BCUT2D eigenvalue weighted by Crippen LogP contribution is -2.20. The Labute approximate surface area is 127 Å². The highest BCUT2D eigenvalue weighted by molar-refractivity contribution is 9.09. The van der Waals surface area contributed by atoms with E-state index >= 15 is 0 Å². The molecule has 4 nitrogen and oxygen atoms in total. The first-order valence-electron chi connectivity index (χ1n) is 5.94. The van der Waals surface area contributed by atoms with E-state index in [0.29, 0.717) is 5.33 Å². The summed E-state index contributed by atoms with van der Waals surface area (Å²) in [6, 6.07) is 3.24. The summed E-state index contributed by atoms with van der Waals surface area (Å²) in [6.07, 6.45) is -4.86. The van der Waals surface area contributed by atoms with Crippen LogP contribution in [0.3, 0.4) is 0 Å². The molecule has 0 aliphatic carbocycles. The number of carbonyl (C=O) groups excluding carboxylic acids is 2. The van der Waals surface area contributed by atoms with Gasteiger partial charge in [0.25, 0.3) is 0 Å². The summed E-state index contributed by atoms with van der Waals surface area (Å²) in [5, 5.41) is 0.376. The Kier molecular flexibility index (Phi) is 6.19. The van der Waals surface area contributed by atoms with Gasteiger partial charge in [-0.15, -0.1) is 13.2 Å². The lowest BCUT2D eigenvalue weighted by molar-refractivity contribution is -0.274. The molecule has 0 heterocycles. The molecule has 0 aliphatic heterocycles. The van der Waals surface area contributed by atoms with Crippen LogP contribution >= 0.6 is 15.9 Å². The normalized spacial score (nSPS) is 11.1. The third-order valence-corrected chi connectivity index (χ3v) is 2.74. The van der Waals surface area contributed by atoms with E-state index in [1.807, 2.05) is 0 Å². The number of benzene rings is 1. The van der Waals surface area contributed by atoms with Crippen molar-refractivity contribution in [2.45, 2.75) is 19.7 Å². The highest BCUT2D eigenvalue weighted by Crippen LogP contribution is 2.28. The fourth-order valence-electron chi connectivity index (χ4n) is 1.51. The van der Waals surface area contributed by atoms with Gasteiger partial charge in [0, 0.05) is 17.3 Å². The molecule has 0 saturated heterocycles. The van der Waals surface area contributed by atoms with E-state index < -0.39 is 18.1 Å². The molecule has 0 aromatic heterocycles. The summed E-state index contributed by atoms with van der Waals surface area (Å²) in [6.45, 7) is 1.53. The lowest BCUT2D eigenvalue weighted by atomic mass is 10.1. The molecule has 0 spiro atoms. The second kappa shape index (κ2) is 7.44. The summed E-state index contributed by atoms with van der Waals surface area (Å²) in [4.78, 5) is 23.3. The standard InChI is InChI=1S/C13H12BrF3O4/c1-2-20-12(19)9-4-3-8(10(18)5-6-14)7-11(9)21-13(15,16)17/h3-4,7H,2,5-6H2,1H3. The van der Waals surface area contributed by atoms with Crippen molar-refractivity contribution in [3.8, 4) is 5.75 Å². The highest BCUT2D eigenvalue weighted by Gasteiger charge is 2.33. The summed E-state index contributed by atoms with van der Waals surface area (Å²) in [7, 11) is 0. The van der Waals surface area contributed by atoms with Crippen LogP contribution in [-0.4, -0.2) is 30.1 Å². The molecule has 0 N–H and O–H groups in total. The monoisotopic (exact) mass is 368 g/mol. The fourth-order valence-corrected chi connectivity index (χ4v) is 1.87. The summed E-state index contributed by atoms with van der Waals surface area (Å²) >= 11 is 3.07. The number of esters is 1. The van der Waals surface area contributed by atoms with Gasteiger partial charge in [-0.2, -0.15) is 0 Å². The molecule has 0 aliphatic rings. The number of carbonyl (C=O) groups is 2. The Morgan fingerprint density at radius 3 is 2.48 bits per heavy atom. The van der Waals surface area contributed by atoms with E-state index in [-0.39, 0.29) is 29.9 Å². The van der Waals surface area contributed by atoms with E-state index in [2.05, 4.69) is 25.4 Å². The largest absolute Gasteiger partial charge is 0.573 e. The van der Waals surface area contributed by atoms with Crippen LogP contribution in [0, 0.1) is 0 Å². The Morgan fingerprint density at radius 2 is 1.95 bits per heavy atom. The van der Waals surface area contributed by atoms with Crippen LogP contribution in [0.1, 0.15) is 34.1 Å². The van der Waals surface area contributed by atoms with Crippen molar-refractivity contribution >= 4 is 27.7 Å². The van der Waals surface area contributed by atoms with Gasteiger partial charge >= 0.3 is 12.3 Å². The lowest BCUT2D eigenvalue weighted by Gasteiger charge is -2.13. The summed E-state index contributed by atoms with van der Waals surface area (Å²) in [5.74, 6) is -2.06. The van der Waals surface area contributed by atoms with Crippen molar-refractivity contribution in [1.29, 1.82) is 0 Å². The number of ketones is 1. The SMILES string of the molecule is CCOC(=O)c1ccc(C(=O)CCBr)cc1OC(F)(F)F. The van der Waals surface area contributed by atoms with Crippen molar-refractivity contribution in [1.82, 2.24) is 0 Å². The number of alkyl halides is 4. The molecule has 0 saturated carbocycles. The molecule has 1 rings (SSSR count). The predicted molar refractivity (Wildman–Crippen MR) is 71.8 cm³/mol. The van der Waals surface area contributed by atoms with Crippen molar-refractivity contribution < 1.29 is 32.2 Å². The number of hydrogen-bond acceptors (Lipinski definition) is 4. The van der Waals surface area contributed by atoms with Crippen LogP contribution in [-0.2, 0) is 4.74 Å². The molecule has 0 unspecified atom stereocenters. The molecular weight excluding hydrogens is 357 g/mol. The molecule has 8 heteroatoms. The quantitative estimate of drug-likeness (QED) is 0.436. The van der Waals surface area contributed by atoms with Gasteiger partial charge in [-0.25, -0.2) is 4.79 Å². The van der Waals surface area contributed by atoms with Crippen LogP contribution in [0.4, 0.5) is 13.2 Å². The topological polar surface area (TPSA) is 52.6 Å². The Morgan fingerprint density at radius 1 is 1.29 bits per heavy atom. The third kappa shape index (κ3) is 5.37. The van der Waals surface area contributed by atoms with E-state index in [1.165, 1.54) is 13.0 Å². The smallest absolute Gasteiger partial charge is 0.462 e. The Bertz CT molecular complexity index is 529. The van der Waals surface area contributed by atoms with E-state index in [0.717, 1.165) is 12.1 Å². The first-order chi connectivity index (χ1) is 9.78. The second-order valence-electron chi connectivity index (χ2n) is 3.84. The van der Waals surface area contributed by atoms with Gasteiger partial charge in [0.15, 0.2) is 5.78 Å². The van der Waals surface area contributed by atoms with Crippen LogP contribution in [0.15, 0.2) is 18.2 Å². The number of rotatable bonds is 6. The molecule has 0 amide bonds. The molecule has 0 fully saturated rings. The average Bonchev–Trinajstić information content (AvgIpc) is 2.37. The van der Waals surface area contributed by atoms with Crippen molar-refractivity contribution in [3.63, 3.8) is 0 Å². The van der Waals surface area contributed by atoms with Gasteiger partial charge < -0.3 is 9.47 Å². The first-order valence-corrected chi connectivity index (χ1v) is 7.06. The maximum absolute atomic E-state index is 12.4. The average molecular weight is 369 g/mol. The van der Waals surface area contributed by atoms with E-state index in [9.17, 15) is 22.8 Å². The molecule has 0 radical (unpaired) electrons. The second-order valence-corrected chi connectivity index (χ2v) is 4.63. The van der Waals surface area contributed by atoms with E-state index in [1.54, 1.807) is 0 Å². The number of halogens is 4. The minimum atomic E-state index is -4.97. The van der Waals surface area contributed by atoms with Crippen LogP contribution in [0.5, 0.6) is 5.75 Å². The zero-order valence-corrected chi connectivity index (χ0v) is 12.6. The van der Waals surface area contributed by atoms with Gasteiger partial charge in [0.2, 0.25) is 0 Å². The maximum Gasteiger partial charge on any atom is 0.573 e. The first kappa shape index (κ1) is 17.5. The third-order valence-electron chi connectivity index (χ3n) is 2.35. The molecule has 1 aromatic carbocycles. The van der Waals surface area contributed by atoms with Crippen LogP contribution in [0.2, 0.25) is 0 Å². The number of Topliss-reactive ketones (excluding diaryl/α,β-unsaturated/α-hetero) is 1. The highest BCUT2D eigenvalue weighted by atomic mass is 79.9. The molecule has 0 atom stereocenters. The van der Waals surface area contributed by atoms with Crippen LogP contribution in [0.25, 0.3) is 0 Å². The zero-order valence-electron chi connectivity index (χ0n) is 11.0. The van der Waals surface area contributed by atoms with Gasteiger partial charge in [-0.05, 0) is 19.1 Å². The summed E-state index contributed by atoms with van der Waals surface area (Å²) < 4.78 is 45.6. The predicted octanol–water partition coefficient (Wildman–Crippen LogP) is 3.73. The molecular formula is C13H12BrF3O4. The maximum atomic E-state index is 12.4. The zero-order chi connectivity index (χ0) is 16.0. The van der Waals surface area contributed by atoms with Gasteiger partial charge in [-0.3, -0.25) is 4.79 Å². The molecule has 21 heavy (non-hydrogen) atoms. The number of ether oxygens (including phenoxy) is 2. The van der Waals surface area contributed by atoms with Gasteiger partial charge in [-0.1, -0.05) is 22.0 Å². The van der Waals surface area contributed by atoms with Crippen LogP contribution < -0.4 is 4.74 Å². The fraction of sp³-hybridized carbons (Fsp3) is 0.385. The Balaban J connectivity index is 3.19. The van der Waals surface area contributed by atoms with Crippen molar-refractivity contribution in [3.05, 3.63) is 29.3 Å². The minimum absolute atomic E-state index is 0.00849. The molecule has 1 aromatic rings. The summed E-state index contributed by atoms with van der Waals surface area (Å²) in [5.41, 5.74) is -0.355. The van der Waals surface area contributed by atoms with Crippen molar-refractivity contribution in [2.24, 2.45) is 0 Å². The molecule has 0 bridgehead atoms. The van der Waals surface area contributed by atoms with Crippen molar-refractivity contribution in [2.75, 3.05) is 11.9 Å². The molecule has 116 valence electrons. The Hall–Kier alpha value is -1.57. The number of hydrogen-bond donors (Lipinski definition) is 0. The van der Waals surface area contributed by atoms with Gasteiger partial charge in [0.05, 0.1) is 6.61 Å².